The number of ether oxygens (including phenoxy) is 1. The van der Waals surface area contributed by atoms with Gasteiger partial charge >= 0.3 is 5.97 Å². The first-order valence-electron chi connectivity index (χ1n) is 7.60. The van der Waals surface area contributed by atoms with Crippen LogP contribution in [0, 0.1) is 0 Å². The van der Waals surface area contributed by atoms with E-state index in [0.29, 0.717) is 29.9 Å². The largest absolute Gasteiger partial charge is 0.461 e. The maximum absolute atomic E-state index is 11.9. The van der Waals surface area contributed by atoms with E-state index >= 15 is 0 Å². The highest BCUT2D eigenvalue weighted by atomic mass is 16.5. The number of likely N-dealkylation sites (N-methyl/N-ethyl adjacent to an activating group) is 1. The second-order valence-corrected chi connectivity index (χ2v) is 6.10. The molecule has 0 radical (unpaired) electrons. The minimum Gasteiger partial charge on any atom is -0.461 e. The average molecular weight is 289 g/mol. The predicted octanol–water partition coefficient (Wildman–Crippen LogP) is 1.20. The quantitative estimate of drug-likeness (QED) is 0.667. The van der Waals surface area contributed by atoms with E-state index < -0.39 is 0 Å². The summed E-state index contributed by atoms with van der Waals surface area (Å²) in [4.78, 5) is 16.9. The van der Waals surface area contributed by atoms with Gasteiger partial charge in [-0.3, -0.25) is 4.90 Å². The van der Waals surface area contributed by atoms with E-state index in [2.05, 4.69) is 16.8 Å². The van der Waals surface area contributed by atoms with Gasteiger partial charge in [-0.25, -0.2) is 4.79 Å². The van der Waals surface area contributed by atoms with Crippen molar-refractivity contribution < 1.29 is 9.53 Å². The number of nitrogens with zero attached hydrogens (tertiary/aromatic N) is 2. The van der Waals surface area contributed by atoms with E-state index in [-0.39, 0.29) is 5.97 Å². The Morgan fingerprint density at radius 2 is 1.86 bits per heavy atom. The number of benzene rings is 1. The van der Waals surface area contributed by atoms with Gasteiger partial charge in [0, 0.05) is 37.4 Å². The van der Waals surface area contributed by atoms with Crippen LogP contribution in [-0.2, 0) is 4.74 Å². The average Bonchev–Trinajstić information content (AvgIpc) is 2.70. The molecule has 1 aromatic carbocycles. The maximum atomic E-state index is 11.9. The summed E-state index contributed by atoms with van der Waals surface area (Å²) in [6, 6.07) is 8.11. The number of likely N-dealkylation sites (tertiary alicyclic amines) is 1. The van der Waals surface area contributed by atoms with Gasteiger partial charge in [-0.1, -0.05) is 0 Å². The lowest BCUT2D eigenvalue weighted by Gasteiger charge is -2.39. The van der Waals surface area contributed by atoms with Crippen LogP contribution in [0.15, 0.2) is 24.3 Å². The topological polar surface area (TPSA) is 58.8 Å². The van der Waals surface area contributed by atoms with E-state index in [1.165, 1.54) is 12.8 Å². The van der Waals surface area contributed by atoms with Crippen LogP contribution in [0.25, 0.3) is 0 Å². The number of rotatable bonds is 4. The molecule has 5 nitrogen and oxygen atoms in total. The summed E-state index contributed by atoms with van der Waals surface area (Å²) in [7, 11) is 2.18. The number of esters is 1. The van der Waals surface area contributed by atoms with Crippen molar-refractivity contribution in [2.45, 2.75) is 24.9 Å². The zero-order chi connectivity index (χ0) is 14.8. The van der Waals surface area contributed by atoms with Crippen molar-refractivity contribution in [3.63, 3.8) is 0 Å². The number of nitrogen functional groups attached to an aromatic ring is 1. The van der Waals surface area contributed by atoms with E-state index in [4.69, 9.17) is 10.5 Å². The molecule has 2 N–H and O–H groups in total. The van der Waals surface area contributed by atoms with Crippen molar-refractivity contribution in [2.24, 2.45) is 0 Å². The molecule has 2 aliphatic heterocycles. The van der Waals surface area contributed by atoms with E-state index in [9.17, 15) is 4.79 Å². The highest BCUT2D eigenvalue weighted by molar-refractivity contribution is 5.89. The Balaban J connectivity index is 1.48. The molecule has 1 aromatic rings. The molecule has 2 fully saturated rings. The van der Waals surface area contributed by atoms with E-state index in [1.54, 1.807) is 24.3 Å². The first kappa shape index (κ1) is 14.4. The van der Waals surface area contributed by atoms with Gasteiger partial charge < -0.3 is 15.4 Å². The van der Waals surface area contributed by atoms with Crippen LogP contribution >= 0.6 is 0 Å². The van der Waals surface area contributed by atoms with Gasteiger partial charge in [-0.2, -0.15) is 0 Å². The Labute approximate surface area is 125 Å². The second-order valence-electron chi connectivity index (χ2n) is 6.10. The van der Waals surface area contributed by atoms with Crippen molar-refractivity contribution in [1.29, 1.82) is 0 Å². The fourth-order valence-corrected chi connectivity index (χ4v) is 3.51. The van der Waals surface area contributed by atoms with Crippen LogP contribution in [-0.4, -0.2) is 61.1 Å². The van der Waals surface area contributed by atoms with E-state index in [1.807, 2.05) is 0 Å². The summed E-state index contributed by atoms with van der Waals surface area (Å²) >= 11 is 0. The molecule has 2 bridgehead atoms. The molecule has 0 aliphatic carbocycles. The fraction of sp³-hybridized carbons (Fsp3) is 0.562. The smallest absolute Gasteiger partial charge is 0.338 e. The molecule has 2 saturated heterocycles. The van der Waals surface area contributed by atoms with Gasteiger partial charge in [0.15, 0.2) is 0 Å². The molecule has 0 spiro atoms. The summed E-state index contributed by atoms with van der Waals surface area (Å²) in [6.07, 6.45) is 2.53. The highest BCUT2D eigenvalue weighted by Gasteiger charge is 2.38. The van der Waals surface area contributed by atoms with Gasteiger partial charge in [-0.15, -0.1) is 0 Å². The Bertz CT molecular complexity index is 489. The number of hydrogen-bond acceptors (Lipinski definition) is 5. The lowest BCUT2D eigenvalue weighted by Crippen LogP contribution is -2.53. The third kappa shape index (κ3) is 3.19. The number of piperazine rings is 1. The van der Waals surface area contributed by atoms with Crippen LogP contribution in [0.5, 0.6) is 0 Å². The molecule has 5 heteroatoms. The number of anilines is 1. The van der Waals surface area contributed by atoms with Gasteiger partial charge in [0.1, 0.15) is 6.61 Å². The van der Waals surface area contributed by atoms with Crippen LogP contribution in [0.4, 0.5) is 5.69 Å². The first-order valence-corrected chi connectivity index (χ1v) is 7.60. The molecule has 0 amide bonds. The molecule has 3 rings (SSSR count). The fourth-order valence-electron chi connectivity index (χ4n) is 3.51. The number of nitrogens with two attached hydrogens (primary N) is 1. The Kier molecular flexibility index (Phi) is 4.12. The van der Waals surface area contributed by atoms with Crippen molar-refractivity contribution in [2.75, 3.05) is 39.0 Å². The van der Waals surface area contributed by atoms with Gasteiger partial charge in [0.25, 0.3) is 0 Å². The summed E-state index contributed by atoms with van der Waals surface area (Å²) in [6.45, 7) is 3.55. The lowest BCUT2D eigenvalue weighted by molar-refractivity contribution is 0.0318. The molecule has 0 aromatic heterocycles. The van der Waals surface area contributed by atoms with Crippen LogP contribution < -0.4 is 5.73 Å². The number of carbonyl (C=O) groups is 1. The SMILES string of the molecule is CN1CC2CCC(C1)N2CCOC(=O)c1ccc(N)cc1. The Morgan fingerprint density at radius 3 is 2.48 bits per heavy atom. The number of carbonyl (C=O) groups excluding carboxylic acids is 1. The molecular weight excluding hydrogens is 266 g/mol. The summed E-state index contributed by atoms with van der Waals surface area (Å²) < 4.78 is 5.39. The molecule has 114 valence electrons. The zero-order valence-electron chi connectivity index (χ0n) is 12.5. The zero-order valence-corrected chi connectivity index (χ0v) is 12.5. The molecule has 0 saturated carbocycles. The van der Waals surface area contributed by atoms with Crippen molar-refractivity contribution in [1.82, 2.24) is 9.80 Å². The minimum atomic E-state index is -0.267. The van der Waals surface area contributed by atoms with Gasteiger partial charge in [-0.05, 0) is 44.2 Å². The molecule has 21 heavy (non-hydrogen) atoms. The predicted molar refractivity (Wildman–Crippen MR) is 82.1 cm³/mol. The second kappa shape index (κ2) is 6.03. The van der Waals surface area contributed by atoms with Crippen LogP contribution in [0.1, 0.15) is 23.2 Å². The summed E-state index contributed by atoms with van der Waals surface area (Å²) in [5.74, 6) is -0.267. The van der Waals surface area contributed by atoms with Crippen molar-refractivity contribution >= 4 is 11.7 Å². The molecule has 2 atom stereocenters. The summed E-state index contributed by atoms with van der Waals surface area (Å²) in [5.41, 5.74) is 6.82. The molecule has 2 aliphatic rings. The number of hydrogen-bond donors (Lipinski definition) is 1. The van der Waals surface area contributed by atoms with Gasteiger partial charge in [0.05, 0.1) is 5.56 Å². The molecular formula is C16H23N3O2. The van der Waals surface area contributed by atoms with E-state index in [0.717, 1.165) is 19.6 Å². The van der Waals surface area contributed by atoms with Crippen molar-refractivity contribution in [3.05, 3.63) is 29.8 Å². The Hall–Kier alpha value is -1.59. The Morgan fingerprint density at radius 1 is 1.24 bits per heavy atom. The standard InChI is InChI=1S/C16H23N3O2/c1-18-10-14-6-7-15(11-18)19(14)8-9-21-16(20)12-2-4-13(17)5-3-12/h2-5,14-15H,6-11,17H2,1H3. The molecule has 2 heterocycles. The third-order valence-corrected chi connectivity index (χ3v) is 4.55. The number of fused-ring (bicyclic) bond motifs is 2. The maximum Gasteiger partial charge on any atom is 0.338 e. The first-order chi connectivity index (χ1) is 10.1. The highest BCUT2D eigenvalue weighted by Crippen LogP contribution is 2.28. The summed E-state index contributed by atoms with van der Waals surface area (Å²) in [5, 5.41) is 0. The lowest BCUT2D eigenvalue weighted by atomic mass is 10.2. The minimum absolute atomic E-state index is 0.267. The third-order valence-electron chi connectivity index (χ3n) is 4.55. The monoisotopic (exact) mass is 289 g/mol. The van der Waals surface area contributed by atoms with Crippen LogP contribution in [0.3, 0.4) is 0 Å². The van der Waals surface area contributed by atoms with Gasteiger partial charge in [0.2, 0.25) is 0 Å². The van der Waals surface area contributed by atoms with Crippen LogP contribution in [0.2, 0.25) is 0 Å². The normalized spacial score (nSPS) is 26.0. The van der Waals surface area contributed by atoms with Crippen molar-refractivity contribution in [3.8, 4) is 0 Å². The molecule has 2 unspecified atom stereocenters.